The van der Waals surface area contributed by atoms with Crippen molar-refractivity contribution in [2.24, 2.45) is 0 Å². The van der Waals surface area contributed by atoms with Crippen LogP contribution in [0.5, 0.6) is 0 Å². The topological polar surface area (TPSA) is 82.7 Å². The van der Waals surface area contributed by atoms with Crippen molar-refractivity contribution < 1.29 is 0 Å². The van der Waals surface area contributed by atoms with E-state index >= 15 is 0 Å². The van der Waals surface area contributed by atoms with Gasteiger partial charge in [-0.05, 0) is 55.3 Å². The quantitative estimate of drug-likeness (QED) is 0.746. The first-order chi connectivity index (χ1) is 13.8. The number of nitrogens with one attached hydrogen (secondary N) is 1. The molecular formula is C22H22N6. The van der Waals surface area contributed by atoms with Gasteiger partial charge in [-0.2, -0.15) is 10.5 Å². The molecule has 0 radical (unpaired) electrons. The highest BCUT2D eigenvalue weighted by Gasteiger charge is 2.19. The van der Waals surface area contributed by atoms with Gasteiger partial charge in [0.1, 0.15) is 11.9 Å². The second-order valence-corrected chi connectivity index (χ2v) is 7.10. The van der Waals surface area contributed by atoms with E-state index in [-0.39, 0.29) is 0 Å². The Hall–Kier alpha value is -3.35. The summed E-state index contributed by atoms with van der Waals surface area (Å²) in [6.07, 6.45) is 5.89. The summed E-state index contributed by atoms with van der Waals surface area (Å²) in [6, 6.07) is 13.9. The SMILES string of the molecule is N#Cc1ccc2[nH]cc(CCCN3CCN(c4ncccc4C#N)CC3)c2c1. The molecule has 140 valence electrons. The Morgan fingerprint density at radius 1 is 1.07 bits per heavy atom. The van der Waals surface area contributed by atoms with Gasteiger partial charge in [0, 0.05) is 49.5 Å². The number of rotatable bonds is 5. The zero-order chi connectivity index (χ0) is 19.3. The first-order valence-corrected chi connectivity index (χ1v) is 9.61. The second-order valence-electron chi connectivity index (χ2n) is 7.10. The van der Waals surface area contributed by atoms with Crippen LogP contribution in [0.4, 0.5) is 5.82 Å². The Morgan fingerprint density at radius 2 is 1.93 bits per heavy atom. The molecule has 1 fully saturated rings. The van der Waals surface area contributed by atoms with Gasteiger partial charge in [-0.15, -0.1) is 0 Å². The Bertz CT molecular complexity index is 1050. The second kappa shape index (κ2) is 8.12. The van der Waals surface area contributed by atoms with Gasteiger partial charge in [0.2, 0.25) is 0 Å². The van der Waals surface area contributed by atoms with Crippen molar-refractivity contribution >= 4 is 16.7 Å². The standard InChI is InChI=1S/C22H22N6/c23-14-17-5-6-21-20(13-17)19(16-26-21)4-2-8-27-9-11-28(12-10-27)22-18(15-24)3-1-7-25-22/h1,3,5-7,13,16,26H,2,4,8-12H2. The molecule has 0 amide bonds. The number of H-pyrrole nitrogens is 1. The van der Waals surface area contributed by atoms with Crippen LogP contribution < -0.4 is 4.90 Å². The van der Waals surface area contributed by atoms with E-state index in [0.29, 0.717) is 11.1 Å². The summed E-state index contributed by atoms with van der Waals surface area (Å²) in [4.78, 5) is 12.4. The highest BCUT2D eigenvalue weighted by Crippen LogP contribution is 2.22. The van der Waals surface area contributed by atoms with Crippen molar-refractivity contribution in [2.75, 3.05) is 37.6 Å². The zero-order valence-corrected chi connectivity index (χ0v) is 15.7. The minimum Gasteiger partial charge on any atom is -0.361 e. The van der Waals surface area contributed by atoms with E-state index < -0.39 is 0 Å². The van der Waals surface area contributed by atoms with E-state index in [0.717, 1.165) is 62.3 Å². The van der Waals surface area contributed by atoms with Crippen LogP contribution in [0.25, 0.3) is 10.9 Å². The normalized spacial score (nSPS) is 14.7. The van der Waals surface area contributed by atoms with Gasteiger partial charge in [-0.25, -0.2) is 4.98 Å². The number of hydrogen-bond acceptors (Lipinski definition) is 5. The maximum absolute atomic E-state index is 9.27. The number of nitrogens with zero attached hydrogens (tertiary/aromatic N) is 5. The fraction of sp³-hybridized carbons (Fsp3) is 0.318. The minimum absolute atomic E-state index is 0.645. The molecule has 3 aromatic rings. The third-order valence-electron chi connectivity index (χ3n) is 5.40. The number of fused-ring (bicyclic) bond motifs is 1. The lowest BCUT2D eigenvalue weighted by Crippen LogP contribution is -2.47. The summed E-state index contributed by atoms with van der Waals surface area (Å²) in [5, 5.41) is 19.5. The van der Waals surface area contributed by atoms with Crippen molar-refractivity contribution in [3.8, 4) is 12.1 Å². The van der Waals surface area contributed by atoms with Crippen LogP contribution >= 0.6 is 0 Å². The number of anilines is 1. The molecule has 0 spiro atoms. The van der Waals surface area contributed by atoms with Crippen molar-refractivity contribution in [1.82, 2.24) is 14.9 Å². The molecule has 6 nitrogen and oxygen atoms in total. The van der Waals surface area contributed by atoms with E-state index in [2.05, 4.69) is 38.1 Å². The molecule has 1 aliphatic heterocycles. The van der Waals surface area contributed by atoms with Crippen molar-refractivity contribution in [3.05, 3.63) is 59.4 Å². The van der Waals surface area contributed by atoms with Crippen LogP contribution in [0, 0.1) is 22.7 Å². The Kier molecular flexibility index (Phi) is 5.23. The summed E-state index contributed by atoms with van der Waals surface area (Å²) in [7, 11) is 0. The van der Waals surface area contributed by atoms with E-state index in [1.807, 2.05) is 30.3 Å². The molecule has 1 N–H and O–H groups in total. The molecule has 0 saturated carbocycles. The summed E-state index contributed by atoms with van der Waals surface area (Å²) in [6.45, 7) is 4.79. The molecule has 28 heavy (non-hydrogen) atoms. The molecule has 0 aliphatic carbocycles. The van der Waals surface area contributed by atoms with Crippen LogP contribution in [-0.4, -0.2) is 47.6 Å². The Balaban J connectivity index is 1.31. The molecule has 6 heteroatoms. The first-order valence-electron chi connectivity index (χ1n) is 9.61. The number of aromatic nitrogens is 2. The van der Waals surface area contributed by atoms with Crippen LogP contribution in [0.1, 0.15) is 23.1 Å². The van der Waals surface area contributed by atoms with Crippen molar-refractivity contribution in [2.45, 2.75) is 12.8 Å². The van der Waals surface area contributed by atoms with Gasteiger partial charge in [-0.1, -0.05) is 0 Å². The highest BCUT2D eigenvalue weighted by atomic mass is 15.3. The average molecular weight is 370 g/mol. The third kappa shape index (κ3) is 3.69. The molecular weight excluding hydrogens is 348 g/mol. The van der Waals surface area contributed by atoms with E-state index in [1.54, 1.807) is 6.20 Å². The van der Waals surface area contributed by atoms with Crippen LogP contribution in [0.15, 0.2) is 42.7 Å². The highest BCUT2D eigenvalue weighted by molar-refractivity contribution is 5.84. The van der Waals surface area contributed by atoms with E-state index in [9.17, 15) is 5.26 Å². The van der Waals surface area contributed by atoms with Gasteiger partial charge in [0.15, 0.2) is 0 Å². The molecule has 2 aromatic heterocycles. The molecule has 3 heterocycles. The first kappa shape index (κ1) is 18.0. The zero-order valence-electron chi connectivity index (χ0n) is 15.7. The predicted octanol–water partition coefficient (Wildman–Crippen LogP) is 3.06. The molecule has 0 atom stereocenters. The summed E-state index contributed by atoms with van der Waals surface area (Å²) < 4.78 is 0. The fourth-order valence-electron chi connectivity index (χ4n) is 3.87. The number of piperazine rings is 1. The third-order valence-corrected chi connectivity index (χ3v) is 5.40. The van der Waals surface area contributed by atoms with Crippen molar-refractivity contribution in [3.63, 3.8) is 0 Å². The Morgan fingerprint density at radius 3 is 2.71 bits per heavy atom. The van der Waals surface area contributed by atoms with Crippen molar-refractivity contribution in [1.29, 1.82) is 10.5 Å². The van der Waals surface area contributed by atoms with Crippen LogP contribution in [0.2, 0.25) is 0 Å². The number of aromatic amines is 1. The lowest BCUT2D eigenvalue weighted by Gasteiger charge is -2.35. The maximum atomic E-state index is 9.27. The van der Waals surface area contributed by atoms with Gasteiger partial charge in [0.05, 0.1) is 17.2 Å². The smallest absolute Gasteiger partial charge is 0.146 e. The van der Waals surface area contributed by atoms with Crippen LogP contribution in [-0.2, 0) is 6.42 Å². The lowest BCUT2D eigenvalue weighted by molar-refractivity contribution is 0.254. The summed E-state index contributed by atoms with van der Waals surface area (Å²) >= 11 is 0. The van der Waals surface area contributed by atoms with Gasteiger partial charge >= 0.3 is 0 Å². The van der Waals surface area contributed by atoms with E-state index in [4.69, 9.17) is 5.26 Å². The average Bonchev–Trinajstić information content (AvgIpc) is 3.16. The minimum atomic E-state index is 0.645. The molecule has 1 aromatic carbocycles. The molecule has 0 bridgehead atoms. The molecule has 1 saturated heterocycles. The summed E-state index contributed by atoms with van der Waals surface area (Å²) in [5.41, 5.74) is 3.71. The van der Waals surface area contributed by atoms with Gasteiger partial charge in [0.25, 0.3) is 0 Å². The Labute approximate surface area is 164 Å². The van der Waals surface area contributed by atoms with E-state index in [1.165, 1.54) is 5.56 Å². The maximum Gasteiger partial charge on any atom is 0.146 e. The number of aryl methyl sites for hydroxylation is 1. The molecule has 1 aliphatic rings. The van der Waals surface area contributed by atoms with Crippen LogP contribution in [0.3, 0.4) is 0 Å². The molecule has 0 unspecified atom stereocenters. The number of benzene rings is 1. The number of pyridine rings is 1. The number of nitriles is 2. The molecule has 4 rings (SSSR count). The van der Waals surface area contributed by atoms with Gasteiger partial charge < -0.3 is 9.88 Å². The van der Waals surface area contributed by atoms with Gasteiger partial charge in [-0.3, -0.25) is 4.90 Å². The summed E-state index contributed by atoms with van der Waals surface area (Å²) in [5.74, 6) is 0.803. The monoisotopic (exact) mass is 370 g/mol. The largest absolute Gasteiger partial charge is 0.361 e. The predicted molar refractivity (Wildman–Crippen MR) is 109 cm³/mol. The fourth-order valence-corrected chi connectivity index (χ4v) is 3.87. The lowest BCUT2D eigenvalue weighted by atomic mass is 10.1. The number of hydrogen-bond donors (Lipinski definition) is 1.